The highest BCUT2D eigenvalue weighted by atomic mass is 32.1. The van der Waals surface area contributed by atoms with E-state index in [1.54, 1.807) is 26.0 Å². The molecule has 0 spiro atoms. The Balaban J connectivity index is 2.24. The molecule has 0 atom stereocenters. The van der Waals surface area contributed by atoms with Gasteiger partial charge in [-0.15, -0.1) is 11.3 Å². The molecular weight excluding hydrogens is 290 g/mol. The number of ether oxygens (including phenoxy) is 1. The van der Waals surface area contributed by atoms with Crippen molar-refractivity contribution in [3.63, 3.8) is 0 Å². The summed E-state index contributed by atoms with van der Waals surface area (Å²) in [5.74, 6) is -0.0692. The lowest BCUT2D eigenvalue weighted by molar-refractivity contribution is 0.0528. The van der Waals surface area contributed by atoms with Crippen LogP contribution < -0.4 is 5.32 Å². The molecule has 0 bridgehead atoms. The van der Waals surface area contributed by atoms with Crippen molar-refractivity contribution in [2.75, 3.05) is 11.9 Å². The van der Waals surface area contributed by atoms with Gasteiger partial charge in [0.15, 0.2) is 0 Å². The first-order valence-corrected chi connectivity index (χ1v) is 7.53. The summed E-state index contributed by atoms with van der Waals surface area (Å²) in [6.07, 6.45) is 2.18. The van der Waals surface area contributed by atoms with E-state index in [4.69, 9.17) is 9.15 Å². The van der Waals surface area contributed by atoms with Crippen molar-refractivity contribution >= 4 is 28.2 Å². The van der Waals surface area contributed by atoms with Crippen molar-refractivity contribution in [2.45, 2.75) is 27.2 Å². The smallest absolute Gasteiger partial charge is 0.341 e. The Morgan fingerprint density at radius 1 is 1.33 bits per heavy atom. The van der Waals surface area contributed by atoms with Crippen LogP contribution in [0.4, 0.5) is 5.00 Å². The Kier molecular flexibility index (Phi) is 4.80. The van der Waals surface area contributed by atoms with Crippen molar-refractivity contribution in [2.24, 2.45) is 0 Å². The van der Waals surface area contributed by atoms with Gasteiger partial charge in [-0.1, -0.05) is 6.92 Å². The highest BCUT2D eigenvalue weighted by Gasteiger charge is 2.19. The maximum atomic E-state index is 12.1. The average molecular weight is 307 g/mol. The number of furan rings is 1. The monoisotopic (exact) mass is 307 g/mol. The minimum absolute atomic E-state index is 0.296. The van der Waals surface area contributed by atoms with Crippen LogP contribution in [0.1, 0.15) is 45.2 Å². The van der Waals surface area contributed by atoms with Gasteiger partial charge in [-0.25, -0.2) is 4.79 Å². The quantitative estimate of drug-likeness (QED) is 0.856. The van der Waals surface area contributed by atoms with Crippen molar-refractivity contribution in [1.29, 1.82) is 0 Å². The standard InChI is InChI=1S/C15H17NO4S/c1-4-11-7-12(15(18)19-5-2)14(21-11)16-13(17)10-6-9(3)20-8-10/h6-8H,4-5H2,1-3H3,(H,16,17). The number of amides is 1. The maximum absolute atomic E-state index is 12.1. The number of hydrogen-bond acceptors (Lipinski definition) is 5. The van der Waals surface area contributed by atoms with E-state index in [9.17, 15) is 9.59 Å². The molecule has 1 amide bonds. The number of thiophene rings is 1. The largest absolute Gasteiger partial charge is 0.469 e. The Morgan fingerprint density at radius 2 is 2.10 bits per heavy atom. The molecule has 0 radical (unpaired) electrons. The van der Waals surface area contributed by atoms with Crippen LogP contribution in [0, 0.1) is 6.92 Å². The summed E-state index contributed by atoms with van der Waals surface area (Å²) in [6.45, 7) is 5.80. The predicted octanol–water partition coefficient (Wildman–Crippen LogP) is 3.64. The van der Waals surface area contributed by atoms with Gasteiger partial charge in [-0.2, -0.15) is 0 Å². The normalized spacial score (nSPS) is 10.4. The summed E-state index contributed by atoms with van der Waals surface area (Å²) >= 11 is 1.38. The lowest BCUT2D eigenvalue weighted by Crippen LogP contribution is -2.13. The topological polar surface area (TPSA) is 68.5 Å². The summed E-state index contributed by atoms with van der Waals surface area (Å²) in [7, 11) is 0. The van der Waals surface area contributed by atoms with Gasteiger partial charge in [0.05, 0.1) is 17.7 Å². The van der Waals surface area contributed by atoms with Gasteiger partial charge < -0.3 is 14.5 Å². The van der Waals surface area contributed by atoms with Crippen molar-refractivity contribution in [3.8, 4) is 0 Å². The predicted molar refractivity (Wildman–Crippen MR) is 81.1 cm³/mol. The van der Waals surface area contributed by atoms with Crippen LogP contribution in [0.5, 0.6) is 0 Å². The molecule has 6 heteroatoms. The van der Waals surface area contributed by atoms with Crippen molar-refractivity contribution in [1.82, 2.24) is 0 Å². The summed E-state index contributed by atoms with van der Waals surface area (Å²) < 4.78 is 10.1. The van der Waals surface area contributed by atoms with E-state index >= 15 is 0 Å². The third-order valence-corrected chi connectivity index (χ3v) is 4.04. The molecule has 1 N–H and O–H groups in total. The summed E-state index contributed by atoms with van der Waals surface area (Å²) in [4.78, 5) is 25.1. The van der Waals surface area contributed by atoms with E-state index in [0.29, 0.717) is 28.5 Å². The molecule has 0 aliphatic rings. The summed E-state index contributed by atoms with van der Waals surface area (Å²) in [6, 6.07) is 3.41. The van der Waals surface area contributed by atoms with E-state index in [-0.39, 0.29) is 5.91 Å². The zero-order valence-electron chi connectivity index (χ0n) is 12.2. The first-order chi connectivity index (χ1) is 10.0. The van der Waals surface area contributed by atoms with Gasteiger partial charge in [0, 0.05) is 4.88 Å². The van der Waals surface area contributed by atoms with Crippen LogP contribution in [0.2, 0.25) is 0 Å². The van der Waals surface area contributed by atoms with E-state index in [0.717, 1.165) is 11.3 Å². The number of anilines is 1. The second kappa shape index (κ2) is 6.58. The average Bonchev–Trinajstić information content (AvgIpc) is 3.05. The Bertz CT molecular complexity index is 656. The number of esters is 1. The van der Waals surface area contributed by atoms with E-state index in [1.807, 2.05) is 6.92 Å². The highest BCUT2D eigenvalue weighted by molar-refractivity contribution is 7.16. The fraction of sp³-hybridized carbons (Fsp3) is 0.333. The first-order valence-electron chi connectivity index (χ1n) is 6.71. The van der Waals surface area contributed by atoms with Crippen LogP contribution >= 0.6 is 11.3 Å². The van der Waals surface area contributed by atoms with Gasteiger partial charge >= 0.3 is 5.97 Å². The third-order valence-electron chi connectivity index (χ3n) is 2.85. The Hall–Kier alpha value is -2.08. The van der Waals surface area contributed by atoms with Gasteiger partial charge in [0.2, 0.25) is 0 Å². The number of carbonyl (C=O) groups excluding carboxylic acids is 2. The lowest BCUT2D eigenvalue weighted by Gasteiger charge is -2.04. The second-order valence-electron chi connectivity index (χ2n) is 4.43. The molecule has 2 aromatic rings. The molecule has 2 aromatic heterocycles. The summed E-state index contributed by atoms with van der Waals surface area (Å²) in [5.41, 5.74) is 0.820. The van der Waals surface area contributed by atoms with Crippen molar-refractivity contribution in [3.05, 3.63) is 40.2 Å². The molecule has 2 rings (SSSR count). The van der Waals surface area contributed by atoms with Gasteiger partial charge in [-0.05, 0) is 32.4 Å². The zero-order chi connectivity index (χ0) is 15.4. The molecule has 0 unspecified atom stereocenters. The molecule has 0 aromatic carbocycles. The molecule has 112 valence electrons. The van der Waals surface area contributed by atoms with Crippen LogP contribution in [-0.2, 0) is 11.2 Å². The number of rotatable bonds is 5. The van der Waals surface area contributed by atoms with E-state index in [1.165, 1.54) is 17.6 Å². The first kappa shape index (κ1) is 15.3. The number of nitrogens with one attached hydrogen (secondary N) is 1. The molecule has 21 heavy (non-hydrogen) atoms. The lowest BCUT2D eigenvalue weighted by atomic mass is 10.2. The minimum Gasteiger partial charge on any atom is -0.469 e. The molecule has 0 aliphatic carbocycles. The van der Waals surface area contributed by atoms with Crippen LogP contribution in [0.3, 0.4) is 0 Å². The summed E-state index contributed by atoms with van der Waals surface area (Å²) in [5, 5.41) is 3.26. The SMILES string of the molecule is CCOC(=O)c1cc(CC)sc1NC(=O)c1coc(C)c1. The van der Waals surface area contributed by atoms with Gasteiger partial charge in [-0.3, -0.25) is 4.79 Å². The zero-order valence-corrected chi connectivity index (χ0v) is 13.0. The molecule has 0 saturated carbocycles. The van der Waals surface area contributed by atoms with Crippen LogP contribution in [0.15, 0.2) is 22.8 Å². The van der Waals surface area contributed by atoms with Crippen LogP contribution in [0.25, 0.3) is 0 Å². The van der Waals surface area contributed by atoms with Crippen molar-refractivity contribution < 1.29 is 18.7 Å². The fourth-order valence-corrected chi connectivity index (χ4v) is 2.79. The Labute approximate surface area is 126 Å². The van der Waals surface area contributed by atoms with E-state index in [2.05, 4.69) is 5.32 Å². The molecular formula is C15H17NO4S. The third kappa shape index (κ3) is 3.52. The van der Waals surface area contributed by atoms with Gasteiger partial charge in [0.1, 0.15) is 17.0 Å². The second-order valence-corrected chi connectivity index (χ2v) is 5.57. The number of aryl methyl sites for hydroxylation is 2. The Morgan fingerprint density at radius 3 is 2.67 bits per heavy atom. The highest BCUT2D eigenvalue weighted by Crippen LogP contribution is 2.30. The minimum atomic E-state index is -0.424. The van der Waals surface area contributed by atoms with Crippen LogP contribution in [-0.4, -0.2) is 18.5 Å². The molecule has 5 nitrogen and oxygen atoms in total. The number of carbonyl (C=O) groups is 2. The number of hydrogen-bond donors (Lipinski definition) is 1. The van der Waals surface area contributed by atoms with Gasteiger partial charge in [0.25, 0.3) is 5.91 Å². The molecule has 0 aliphatic heterocycles. The molecule has 0 saturated heterocycles. The van der Waals surface area contributed by atoms with E-state index < -0.39 is 5.97 Å². The molecule has 0 fully saturated rings. The molecule has 2 heterocycles. The fourth-order valence-electron chi connectivity index (χ4n) is 1.81. The maximum Gasteiger partial charge on any atom is 0.341 e.